The Kier molecular flexibility index (Phi) is 5.15. The van der Waals surface area contributed by atoms with Crippen molar-refractivity contribution in [1.29, 1.82) is 0 Å². The van der Waals surface area contributed by atoms with Gasteiger partial charge in [-0.25, -0.2) is 0 Å². The molecule has 3 nitrogen and oxygen atoms in total. The molecule has 1 aromatic heterocycles. The van der Waals surface area contributed by atoms with E-state index in [-0.39, 0.29) is 5.54 Å². The van der Waals surface area contributed by atoms with Crippen LogP contribution in [0.3, 0.4) is 0 Å². The van der Waals surface area contributed by atoms with Crippen molar-refractivity contribution < 1.29 is 4.42 Å². The van der Waals surface area contributed by atoms with Crippen LogP contribution in [0.25, 0.3) is 0 Å². The zero-order valence-electron chi connectivity index (χ0n) is 14.6. The van der Waals surface area contributed by atoms with Gasteiger partial charge in [-0.15, -0.1) is 0 Å². The van der Waals surface area contributed by atoms with Gasteiger partial charge in [0.2, 0.25) is 0 Å². The lowest BCUT2D eigenvalue weighted by molar-refractivity contribution is 0.131. The molecular formula is C18H32N2O. The normalized spacial score (nSPS) is 24.5. The van der Waals surface area contributed by atoms with E-state index >= 15 is 0 Å². The average molecular weight is 292 g/mol. The number of hydrogen-bond donors (Lipinski definition) is 1. The highest BCUT2D eigenvalue weighted by atomic mass is 16.3. The third kappa shape index (κ3) is 4.86. The number of likely N-dealkylation sites (tertiary alicyclic amines) is 1. The van der Waals surface area contributed by atoms with Crippen LogP contribution in [-0.2, 0) is 13.1 Å². The molecule has 0 aromatic carbocycles. The lowest BCUT2D eigenvalue weighted by atomic mass is 9.88. The van der Waals surface area contributed by atoms with Crippen LogP contribution >= 0.6 is 0 Å². The summed E-state index contributed by atoms with van der Waals surface area (Å²) in [7, 11) is 0. The number of aryl methyl sites for hydroxylation is 1. The highest BCUT2D eigenvalue weighted by Gasteiger charge is 2.23. The van der Waals surface area contributed by atoms with Gasteiger partial charge in [0.25, 0.3) is 0 Å². The van der Waals surface area contributed by atoms with E-state index in [1.807, 2.05) is 0 Å². The number of piperidine rings is 1. The number of nitrogens with zero attached hydrogens (tertiary/aromatic N) is 1. The lowest BCUT2D eigenvalue weighted by Crippen LogP contribution is -2.37. The first-order valence-electron chi connectivity index (χ1n) is 8.30. The first-order chi connectivity index (χ1) is 9.74. The average Bonchev–Trinajstić information content (AvgIpc) is 2.72. The van der Waals surface area contributed by atoms with E-state index in [1.165, 1.54) is 25.1 Å². The Labute approximate surface area is 130 Å². The predicted octanol–water partition coefficient (Wildman–Crippen LogP) is 3.95. The third-order valence-corrected chi connectivity index (χ3v) is 4.68. The minimum absolute atomic E-state index is 0.124. The number of hydrogen-bond acceptors (Lipinski definition) is 3. The summed E-state index contributed by atoms with van der Waals surface area (Å²) in [6, 6.07) is 2.23. The smallest absolute Gasteiger partial charge is 0.118 e. The fourth-order valence-corrected chi connectivity index (χ4v) is 2.92. The van der Waals surface area contributed by atoms with Gasteiger partial charge < -0.3 is 9.73 Å². The van der Waals surface area contributed by atoms with E-state index in [9.17, 15) is 0 Å². The SMILES string of the molecule is Cc1oc(CNC(C)(C)C)cc1CN1CCC(C)C(C)C1. The molecule has 1 N–H and O–H groups in total. The quantitative estimate of drug-likeness (QED) is 0.910. The maximum Gasteiger partial charge on any atom is 0.118 e. The molecule has 0 spiro atoms. The molecule has 1 saturated heterocycles. The van der Waals surface area contributed by atoms with E-state index in [0.717, 1.165) is 36.4 Å². The molecule has 0 amide bonds. The van der Waals surface area contributed by atoms with E-state index in [0.29, 0.717) is 0 Å². The standard InChI is InChI=1S/C18H32N2O/c1-13-7-8-20(11-14(13)2)12-16-9-17(21-15(16)3)10-19-18(4,5)6/h9,13-14,19H,7-8,10-12H2,1-6H3. The summed E-state index contributed by atoms with van der Waals surface area (Å²) in [6.45, 7) is 17.6. The molecule has 21 heavy (non-hydrogen) atoms. The van der Waals surface area contributed by atoms with Crippen LogP contribution in [0, 0.1) is 18.8 Å². The Morgan fingerprint density at radius 2 is 2.00 bits per heavy atom. The second kappa shape index (κ2) is 6.53. The van der Waals surface area contributed by atoms with Crippen molar-refractivity contribution in [1.82, 2.24) is 10.2 Å². The summed E-state index contributed by atoms with van der Waals surface area (Å²) < 4.78 is 5.91. The summed E-state index contributed by atoms with van der Waals surface area (Å²) in [5.41, 5.74) is 1.47. The van der Waals surface area contributed by atoms with Crippen LogP contribution in [-0.4, -0.2) is 23.5 Å². The van der Waals surface area contributed by atoms with Crippen molar-refractivity contribution in [3.05, 3.63) is 23.2 Å². The second-order valence-corrected chi connectivity index (χ2v) is 7.88. The van der Waals surface area contributed by atoms with Gasteiger partial charge in [0.05, 0.1) is 6.54 Å². The van der Waals surface area contributed by atoms with Crippen LogP contribution in [0.5, 0.6) is 0 Å². The zero-order valence-corrected chi connectivity index (χ0v) is 14.6. The van der Waals surface area contributed by atoms with Crippen molar-refractivity contribution in [2.24, 2.45) is 11.8 Å². The molecule has 2 atom stereocenters. The Hall–Kier alpha value is -0.800. The fourth-order valence-electron chi connectivity index (χ4n) is 2.92. The molecule has 1 fully saturated rings. The number of rotatable bonds is 4. The van der Waals surface area contributed by atoms with Gasteiger partial charge >= 0.3 is 0 Å². The summed E-state index contributed by atoms with van der Waals surface area (Å²) in [6.07, 6.45) is 1.32. The predicted molar refractivity (Wildman–Crippen MR) is 88.3 cm³/mol. The van der Waals surface area contributed by atoms with Crippen LogP contribution in [0.4, 0.5) is 0 Å². The highest BCUT2D eigenvalue weighted by molar-refractivity contribution is 5.21. The second-order valence-electron chi connectivity index (χ2n) is 7.88. The molecule has 2 unspecified atom stereocenters. The van der Waals surface area contributed by atoms with Gasteiger partial charge in [0, 0.05) is 24.2 Å². The summed E-state index contributed by atoms with van der Waals surface area (Å²) in [5.74, 6) is 3.79. The Balaban J connectivity index is 1.93. The molecule has 0 bridgehead atoms. The van der Waals surface area contributed by atoms with Crippen LogP contribution in [0.1, 0.15) is 58.1 Å². The molecule has 1 aliphatic rings. The monoisotopic (exact) mass is 292 g/mol. The topological polar surface area (TPSA) is 28.4 Å². The summed E-state index contributed by atoms with van der Waals surface area (Å²) in [4.78, 5) is 2.57. The molecule has 120 valence electrons. The van der Waals surface area contributed by atoms with Crippen LogP contribution in [0.15, 0.2) is 10.5 Å². The van der Waals surface area contributed by atoms with Gasteiger partial charge in [-0.05, 0) is 58.6 Å². The molecule has 1 aromatic rings. The summed E-state index contributed by atoms with van der Waals surface area (Å²) in [5, 5.41) is 3.49. The van der Waals surface area contributed by atoms with E-state index < -0.39 is 0 Å². The van der Waals surface area contributed by atoms with Crippen molar-refractivity contribution in [2.75, 3.05) is 13.1 Å². The van der Waals surface area contributed by atoms with Gasteiger partial charge in [-0.2, -0.15) is 0 Å². The van der Waals surface area contributed by atoms with Gasteiger partial charge in [0.1, 0.15) is 11.5 Å². The minimum Gasteiger partial charge on any atom is -0.465 e. The van der Waals surface area contributed by atoms with Crippen molar-refractivity contribution >= 4 is 0 Å². The molecule has 0 saturated carbocycles. The first kappa shape index (κ1) is 16.6. The van der Waals surface area contributed by atoms with Gasteiger partial charge in [-0.1, -0.05) is 13.8 Å². The van der Waals surface area contributed by atoms with Crippen molar-refractivity contribution in [3.63, 3.8) is 0 Å². The lowest BCUT2D eigenvalue weighted by Gasteiger charge is -2.35. The zero-order chi connectivity index (χ0) is 15.6. The molecule has 1 aliphatic heterocycles. The van der Waals surface area contributed by atoms with Crippen LogP contribution in [0.2, 0.25) is 0 Å². The molecule has 2 heterocycles. The number of furan rings is 1. The van der Waals surface area contributed by atoms with E-state index in [2.05, 4.69) is 57.8 Å². The Morgan fingerprint density at radius 1 is 1.29 bits per heavy atom. The molecule has 0 aliphatic carbocycles. The Morgan fingerprint density at radius 3 is 2.62 bits per heavy atom. The van der Waals surface area contributed by atoms with E-state index in [4.69, 9.17) is 4.42 Å². The minimum atomic E-state index is 0.124. The Bertz CT molecular complexity index is 458. The van der Waals surface area contributed by atoms with Crippen molar-refractivity contribution in [3.8, 4) is 0 Å². The number of nitrogens with one attached hydrogen (secondary N) is 1. The molecule has 3 heteroatoms. The summed E-state index contributed by atoms with van der Waals surface area (Å²) >= 11 is 0. The van der Waals surface area contributed by atoms with Gasteiger partial charge in [0.15, 0.2) is 0 Å². The molecular weight excluding hydrogens is 260 g/mol. The van der Waals surface area contributed by atoms with Crippen molar-refractivity contribution in [2.45, 2.75) is 66.6 Å². The van der Waals surface area contributed by atoms with Gasteiger partial charge in [-0.3, -0.25) is 4.90 Å². The maximum absolute atomic E-state index is 5.91. The van der Waals surface area contributed by atoms with Crippen LogP contribution < -0.4 is 5.32 Å². The molecule has 2 rings (SSSR count). The largest absolute Gasteiger partial charge is 0.465 e. The highest BCUT2D eigenvalue weighted by Crippen LogP contribution is 2.25. The third-order valence-electron chi connectivity index (χ3n) is 4.68. The fraction of sp³-hybridized carbons (Fsp3) is 0.778. The first-order valence-corrected chi connectivity index (χ1v) is 8.30. The molecule has 0 radical (unpaired) electrons. The maximum atomic E-state index is 5.91. The van der Waals surface area contributed by atoms with E-state index in [1.54, 1.807) is 0 Å².